The van der Waals surface area contributed by atoms with Gasteiger partial charge in [-0.2, -0.15) is 0 Å². The highest BCUT2D eigenvalue weighted by molar-refractivity contribution is 7.99. The lowest BCUT2D eigenvalue weighted by Crippen LogP contribution is -2.32. The SMILES string of the molecule is O=C(CSc1nc2ccccc2[nH]1)N1CCc2cc(S(=O)(=O)NC3CCCC3)ccc21. The second-order valence-corrected chi connectivity index (χ2v) is 10.7. The minimum atomic E-state index is -3.53. The first-order valence-electron chi connectivity index (χ1n) is 10.5. The maximum atomic E-state index is 12.8. The van der Waals surface area contributed by atoms with Gasteiger partial charge in [-0.15, -0.1) is 0 Å². The van der Waals surface area contributed by atoms with Crippen molar-refractivity contribution in [2.45, 2.75) is 48.2 Å². The Balaban J connectivity index is 1.27. The first kappa shape index (κ1) is 20.5. The molecule has 5 rings (SSSR count). The van der Waals surface area contributed by atoms with Gasteiger partial charge in [0.15, 0.2) is 5.16 Å². The van der Waals surface area contributed by atoms with Gasteiger partial charge < -0.3 is 9.88 Å². The van der Waals surface area contributed by atoms with Crippen molar-refractivity contribution in [1.29, 1.82) is 0 Å². The molecular formula is C22H24N4O3S2. The number of hydrogen-bond donors (Lipinski definition) is 2. The molecule has 1 aliphatic carbocycles. The maximum absolute atomic E-state index is 12.8. The van der Waals surface area contributed by atoms with E-state index in [-0.39, 0.29) is 22.6 Å². The zero-order chi connectivity index (χ0) is 21.4. The van der Waals surface area contributed by atoms with E-state index in [4.69, 9.17) is 0 Å². The molecule has 0 radical (unpaired) electrons. The third-order valence-electron chi connectivity index (χ3n) is 5.93. The van der Waals surface area contributed by atoms with Gasteiger partial charge in [0.05, 0.1) is 21.7 Å². The third kappa shape index (κ3) is 4.22. The number of thioether (sulfide) groups is 1. The summed E-state index contributed by atoms with van der Waals surface area (Å²) in [6.07, 6.45) is 4.59. The van der Waals surface area contributed by atoms with Crippen LogP contribution in [0.25, 0.3) is 11.0 Å². The zero-order valence-corrected chi connectivity index (χ0v) is 18.6. The van der Waals surface area contributed by atoms with Crippen molar-refractivity contribution in [2.75, 3.05) is 17.2 Å². The molecule has 2 aromatic carbocycles. The van der Waals surface area contributed by atoms with Crippen molar-refractivity contribution in [2.24, 2.45) is 0 Å². The number of rotatable bonds is 6. The van der Waals surface area contributed by atoms with E-state index in [1.807, 2.05) is 24.3 Å². The smallest absolute Gasteiger partial charge is 0.240 e. The molecule has 1 aliphatic heterocycles. The van der Waals surface area contributed by atoms with Crippen LogP contribution < -0.4 is 9.62 Å². The van der Waals surface area contributed by atoms with Gasteiger partial charge in [0.1, 0.15) is 0 Å². The number of amides is 1. The molecule has 2 N–H and O–H groups in total. The van der Waals surface area contributed by atoms with Crippen molar-refractivity contribution in [1.82, 2.24) is 14.7 Å². The summed E-state index contributed by atoms with van der Waals surface area (Å²) in [5.41, 5.74) is 3.53. The predicted molar refractivity (Wildman–Crippen MR) is 122 cm³/mol. The molecule has 1 saturated carbocycles. The fraction of sp³-hybridized carbons (Fsp3) is 0.364. The second-order valence-electron chi connectivity index (χ2n) is 8.04. The molecule has 3 aromatic rings. The van der Waals surface area contributed by atoms with Crippen molar-refractivity contribution >= 4 is 44.4 Å². The van der Waals surface area contributed by atoms with Crippen molar-refractivity contribution in [3.8, 4) is 0 Å². The number of carbonyl (C=O) groups excluding carboxylic acids is 1. The van der Waals surface area contributed by atoms with Gasteiger partial charge in [-0.1, -0.05) is 36.7 Å². The lowest BCUT2D eigenvalue weighted by atomic mass is 10.2. The Morgan fingerprint density at radius 2 is 2.00 bits per heavy atom. The lowest BCUT2D eigenvalue weighted by molar-refractivity contribution is -0.116. The van der Waals surface area contributed by atoms with E-state index >= 15 is 0 Å². The molecule has 1 amide bonds. The number of imidazole rings is 1. The van der Waals surface area contributed by atoms with Gasteiger partial charge in [-0.3, -0.25) is 4.79 Å². The van der Waals surface area contributed by atoms with Crippen LogP contribution in [-0.4, -0.2) is 42.6 Å². The van der Waals surface area contributed by atoms with E-state index in [2.05, 4.69) is 14.7 Å². The molecule has 162 valence electrons. The summed E-state index contributed by atoms with van der Waals surface area (Å²) in [5, 5.41) is 0.716. The zero-order valence-electron chi connectivity index (χ0n) is 17.0. The highest BCUT2D eigenvalue weighted by atomic mass is 32.2. The van der Waals surface area contributed by atoms with Crippen LogP contribution in [0.2, 0.25) is 0 Å². The van der Waals surface area contributed by atoms with E-state index in [0.29, 0.717) is 18.1 Å². The molecule has 1 aromatic heterocycles. The monoisotopic (exact) mass is 456 g/mol. The van der Waals surface area contributed by atoms with Crippen LogP contribution in [0.5, 0.6) is 0 Å². The molecule has 0 atom stereocenters. The van der Waals surface area contributed by atoms with E-state index < -0.39 is 10.0 Å². The first-order valence-corrected chi connectivity index (χ1v) is 13.0. The highest BCUT2D eigenvalue weighted by Gasteiger charge is 2.28. The number of nitrogens with one attached hydrogen (secondary N) is 2. The van der Waals surface area contributed by atoms with Gasteiger partial charge in [0.25, 0.3) is 0 Å². The van der Waals surface area contributed by atoms with E-state index in [1.165, 1.54) is 11.8 Å². The normalized spacial score (nSPS) is 16.8. The molecule has 9 heteroatoms. The number of aromatic nitrogens is 2. The van der Waals surface area contributed by atoms with Crippen molar-refractivity contribution < 1.29 is 13.2 Å². The molecule has 2 heterocycles. The van der Waals surface area contributed by atoms with Crippen LogP contribution >= 0.6 is 11.8 Å². The minimum absolute atomic E-state index is 0.0103. The summed E-state index contributed by atoms with van der Waals surface area (Å²) < 4.78 is 28.3. The second kappa shape index (κ2) is 8.29. The number of fused-ring (bicyclic) bond motifs is 2. The largest absolute Gasteiger partial charge is 0.333 e. The van der Waals surface area contributed by atoms with Gasteiger partial charge >= 0.3 is 0 Å². The highest BCUT2D eigenvalue weighted by Crippen LogP contribution is 2.32. The summed E-state index contributed by atoms with van der Waals surface area (Å²) in [7, 11) is -3.53. The number of anilines is 1. The molecule has 0 bridgehead atoms. The number of carbonyl (C=O) groups is 1. The summed E-state index contributed by atoms with van der Waals surface area (Å²) >= 11 is 1.38. The minimum Gasteiger partial charge on any atom is -0.333 e. The fourth-order valence-electron chi connectivity index (χ4n) is 4.34. The van der Waals surface area contributed by atoms with Crippen molar-refractivity contribution in [3.63, 3.8) is 0 Å². The van der Waals surface area contributed by atoms with E-state index in [9.17, 15) is 13.2 Å². The number of aromatic amines is 1. The quantitative estimate of drug-likeness (QED) is 0.554. The number of hydrogen-bond acceptors (Lipinski definition) is 5. The van der Waals surface area contributed by atoms with Crippen LogP contribution in [0, 0.1) is 0 Å². The average molecular weight is 457 g/mol. The summed E-state index contributed by atoms with van der Waals surface area (Å²) in [4.78, 5) is 22.6. The van der Waals surface area contributed by atoms with E-state index in [0.717, 1.165) is 48.0 Å². The molecule has 0 spiro atoms. The molecule has 31 heavy (non-hydrogen) atoms. The summed E-state index contributed by atoms with van der Waals surface area (Å²) in [5.74, 6) is 0.256. The van der Waals surface area contributed by atoms with Crippen LogP contribution in [0.4, 0.5) is 5.69 Å². The van der Waals surface area contributed by atoms with Gasteiger partial charge in [-0.25, -0.2) is 18.1 Å². The number of sulfonamides is 1. The number of para-hydroxylation sites is 2. The Hall–Kier alpha value is -2.36. The Morgan fingerprint density at radius 3 is 2.81 bits per heavy atom. The van der Waals surface area contributed by atoms with Gasteiger partial charge in [0.2, 0.25) is 15.9 Å². The van der Waals surface area contributed by atoms with Crippen LogP contribution in [-0.2, 0) is 21.2 Å². The summed E-state index contributed by atoms with van der Waals surface area (Å²) in [6, 6.07) is 12.9. The molecule has 7 nitrogen and oxygen atoms in total. The van der Waals surface area contributed by atoms with E-state index in [1.54, 1.807) is 23.1 Å². The van der Waals surface area contributed by atoms with Crippen LogP contribution in [0.1, 0.15) is 31.2 Å². The standard InChI is InChI=1S/C22H24N4O3S2/c27-21(14-30-22-23-18-7-3-4-8-19(18)24-22)26-12-11-15-13-17(9-10-20(15)26)31(28,29)25-16-5-1-2-6-16/h3-4,7-10,13,16,25H,1-2,5-6,11-12,14H2,(H,23,24). The lowest BCUT2D eigenvalue weighted by Gasteiger charge is -2.17. The molecular weight excluding hydrogens is 432 g/mol. The third-order valence-corrected chi connectivity index (χ3v) is 8.31. The number of benzene rings is 2. The first-order chi connectivity index (χ1) is 15.0. The number of nitrogens with zero attached hydrogens (tertiary/aromatic N) is 2. The maximum Gasteiger partial charge on any atom is 0.240 e. The fourth-order valence-corrected chi connectivity index (χ4v) is 6.46. The van der Waals surface area contributed by atoms with Gasteiger partial charge in [-0.05, 0) is 55.2 Å². The number of H-pyrrole nitrogens is 1. The summed E-state index contributed by atoms with van der Waals surface area (Å²) in [6.45, 7) is 0.564. The molecule has 0 unspecified atom stereocenters. The van der Waals surface area contributed by atoms with Crippen LogP contribution in [0.3, 0.4) is 0 Å². The van der Waals surface area contributed by atoms with Crippen LogP contribution in [0.15, 0.2) is 52.5 Å². The average Bonchev–Trinajstić information content (AvgIpc) is 3.50. The molecule has 2 aliphatic rings. The topological polar surface area (TPSA) is 95.2 Å². The van der Waals surface area contributed by atoms with Gasteiger partial charge in [0, 0.05) is 18.3 Å². The Bertz CT molecular complexity index is 1200. The Morgan fingerprint density at radius 1 is 1.19 bits per heavy atom. The molecule has 0 saturated heterocycles. The Kier molecular flexibility index (Phi) is 5.49. The van der Waals surface area contributed by atoms with Crippen molar-refractivity contribution in [3.05, 3.63) is 48.0 Å². The Labute approximate surface area is 185 Å². The molecule has 1 fully saturated rings. The predicted octanol–water partition coefficient (Wildman–Crippen LogP) is 3.47.